The van der Waals surface area contributed by atoms with Gasteiger partial charge in [0.2, 0.25) is 0 Å². The quantitative estimate of drug-likeness (QED) is 0.291. The van der Waals surface area contributed by atoms with Crippen LogP contribution in [0.5, 0.6) is 0 Å². The molecule has 0 saturated carbocycles. The number of halogens is 1. The molecule has 0 aromatic rings. The van der Waals surface area contributed by atoms with E-state index in [1.807, 2.05) is 12.2 Å². The molecule has 0 unspecified atom stereocenters. The fourth-order valence-corrected chi connectivity index (χ4v) is 2.28. The zero-order chi connectivity index (χ0) is 15.2. The highest BCUT2D eigenvalue weighted by atomic mass is 35.5. The Balaban J connectivity index is 4.37. The summed E-state index contributed by atoms with van der Waals surface area (Å²) >= 11 is 5.78. The van der Waals surface area contributed by atoms with Gasteiger partial charge >= 0.3 is 0 Å². The largest absolute Gasteiger partial charge is 0.122 e. The lowest BCUT2D eigenvalue weighted by Crippen LogP contribution is -1.86. The van der Waals surface area contributed by atoms with Crippen molar-refractivity contribution in [1.29, 1.82) is 0 Å². The van der Waals surface area contributed by atoms with Gasteiger partial charge < -0.3 is 0 Å². The third kappa shape index (κ3) is 10.9. The van der Waals surface area contributed by atoms with E-state index >= 15 is 0 Å². The van der Waals surface area contributed by atoms with Gasteiger partial charge in [-0.3, -0.25) is 0 Å². The molecule has 0 aromatic heterocycles. The van der Waals surface area contributed by atoms with E-state index in [1.165, 1.54) is 16.7 Å². The van der Waals surface area contributed by atoms with Gasteiger partial charge in [-0.1, -0.05) is 47.1 Å². The minimum Gasteiger partial charge on any atom is -0.122 e. The van der Waals surface area contributed by atoms with Crippen molar-refractivity contribution in [2.24, 2.45) is 0 Å². The summed E-state index contributed by atoms with van der Waals surface area (Å²) in [5.41, 5.74) is 4.26. The van der Waals surface area contributed by atoms with Crippen molar-refractivity contribution in [1.82, 2.24) is 0 Å². The van der Waals surface area contributed by atoms with Crippen molar-refractivity contribution in [2.75, 3.05) is 5.88 Å². The SMILES string of the molecule is C=CC/C(=C\CC/C(=C/CCl)CC=C)CCC=C(C)C. The van der Waals surface area contributed by atoms with E-state index in [-0.39, 0.29) is 0 Å². The van der Waals surface area contributed by atoms with E-state index < -0.39 is 0 Å². The Bertz CT molecular complexity index is 365. The minimum atomic E-state index is 0.590. The van der Waals surface area contributed by atoms with Crippen molar-refractivity contribution >= 4 is 11.6 Å². The molecule has 0 fully saturated rings. The van der Waals surface area contributed by atoms with Crippen LogP contribution in [0.1, 0.15) is 52.4 Å². The zero-order valence-corrected chi connectivity index (χ0v) is 13.9. The van der Waals surface area contributed by atoms with Crippen molar-refractivity contribution < 1.29 is 0 Å². The summed E-state index contributed by atoms with van der Waals surface area (Å²) in [6, 6.07) is 0. The van der Waals surface area contributed by atoms with Crippen LogP contribution in [0.2, 0.25) is 0 Å². The third-order valence-corrected chi connectivity index (χ3v) is 3.25. The van der Waals surface area contributed by atoms with Crippen molar-refractivity contribution in [2.45, 2.75) is 52.4 Å². The summed E-state index contributed by atoms with van der Waals surface area (Å²) in [6.45, 7) is 11.9. The molecule has 0 heterocycles. The first-order valence-electron chi connectivity index (χ1n) is 7.41. The molecule has 0 spiro atoms. The number of rotatable bonds is 11. The average molecular weight is 293 g/mol. The molecule has 0 aliphatic heterocycles. The molecule has 1 heteroatoms. The fraction of sp³-hybridized carbons (Fsp3) is 0.474. The maximum Gasteiger partial charge on any atom is 0.0406 e. The van der Waals surface area contributed by atoms with E-state index in [0.29, 0.717) is 5.88 Å². The summed E-state index contributed by atoms with van der Waals surface area (Å²) in [5.74, 6) is 0.590. The second kappa shape index (κ2) is 13.0. The second-order valence-electron chi connectivity index (χ2n) is 5.22. The van der Waals surface area contributed by atoms with Gasteiger partial charge in [0, 0.05) is 5.88 Å². The highest BCUT2D eigenvalue weighted by molar-refractivity contribution is 6.18. The molecule has 112 valence electrons. The monoisotopic (exact) mass is 292 g/mol. The molecule has 0 amide bonds. The van der Waals surface area contributed by atoms with Crippen LogP contribution in [0.15, 0.2) is 60.3 Å². The Morgan fingerprint density at radius 2 is 1.35 bits per heavy atom. The van der Waals surface area contributed by atoms with Crippen LogP contribution in [0.3, 0.4) is 0 Å². The molecule has 0 nitrogen and oxygen atoms in total. The van der Waals surface area contributed by atoms with Crippen molar-refractivity contribution in [3.8, 4) is 0 Å². The molecular formula is C19H29Cl. The average Bonchev–Trinajstić information content (AvgIpc) is 2.38. The Morgan fingerprint density at radius 1 is 0.850 bits per heavy atom. The second-order valence-corrected chi connectivity index (χ2v) is 5.53. The smallest absolute Gasteiger partial charge is 0.0406 e. The van der Waals surface area contributed by atoms with Gasteiger partial charge in [-0.25, -0.2) is 0 Å². The van der Waals surface area contributed by atoms with Gasteiger partial charge in [0.1, 0.15) is 0 Å². The lowest BCUT2D eigenvalue weighted by atomic mass is 10.0. The Hall–Kier alpha value is -1.01. The molecule has 0 aliphatic rings. The lowest BCUT2D eigenvalue weighted by molar-refractivity contribution is 0.883. The van der Waals surface area contributed by atoms with E-state index in [0.717, 1.165) is 38.5 Å². The molecule has 0 aliphatic carbocycles. The summed E-state index contributed by atoms with van der Waals surface area (Å²) in [4.78, 5) is 0. The fourth-order valence-electron chi connectivity index (χ4n) is 2.06. The highest BCUT2D eigenvalue weighted by Gasteiger charge is 1.97. The molecule has 20 heavy (non-hydrogen) atoms. The van der Waals surface area contributed by atoms with Crippen LogP contribution in [0.4, 0.5) is 0 Å². The summed E-state index contributed by atoms with van der Waals surface area (Å²) in [5, 5.41) is 0. The number of hydrogen-bond acceptors (Lipinski definition) is 0. The number of allylic oxidation sites excluding steroid dienone is 8. The molecule has 0 rings (SSSR count). The predicted molar refractivity (Wildman–Crippen MR) is 94.4 cm³/mol. The summed E-state index contributed by atoms with van der Waals surface area (Å²) in [7, 11) is 0. The highest BCUT2D eigenvalue weighted by Crippen LogP contribution is 2.17. The van der Waals surface area contributed by atoms with Crippen molar-refractivity contribution in [3.05, 3.63) is 60.3 Å². The lowest BCUT2D eigenvalue weighted by Gasteiger charge is -2.06. The van der Waals surface area contributed by atoms with Crippen molar-refractivity contribution in [3.63, 3.8) is 0 Å². The molecule has 0 atom stereocenters. The van der Waals surface area contributed by atoms with Crippen LogP contribution in [0, 0.1) is 0 Å². The maximum atomic E-state index is 5.78. The first-order chi connectivity index (χ1) is 9.63. The van der Waals surface area contributed by atoms with E-state index in [1.54, 1.807) is 0 Å². The Morgan fingerprint density at radius 3 is 1.80 bits per heavy atom. The summed E-state index contributed by atoms with van der Waals surface area (Å²) < 4.78 is 0. The predicted octanol–water partition coefficient (Wildman–Crippen LogP) is 6.76. The van der Waals surface area contributed by atoms with Crippen LogP contribution < -0.4 is 0 Å². The normalized spacial score (nSPS) is 12.2. The van der Waals surface area contributed by atoms with Crippen LogP contribution in [-0.4, -0.2) is 5.88 Å². The van der Waals surface area contributed by atoms with Crippen LogP contribution in [-0.2, 0) is 0 Å². The number of hydrogen-bond donors (Lipinski definition) is 0. The zero-order valence-electron chi connectivity index (χ0n) is 13.1. The summed E-state index contributed by atoms with van der Waals surface area (Å²) in [6.07, 6.45) is 17.0. The van der Waals surface area contributed by atoms with Gasteiger partial charge in [-0.05, 0) is 52.4 Å². The molecule has 0 radical (unpaired) electrons. The first kappa shape index (κ1) is 19.0. The Labute approximate surface area is 130 Å². The molecule has 0 aromatic carbocycles. The molecule has 0 bridgehead atoms. The molecular weight excluding hydrogens is 264 g/mol. The minimum absolute atomic E-state index is 0.590. The number of alkyl halides is 1. The standard InChI is InChI=1S/C19H29Cl/c1-5-9-18(12-7-11-17(3)4)13-8-14-19(10-6-2)15-16-20/h5-6,11,13,15H,1-2,7-10,12,14,16H2,3-4H3/b18-13+,19-15+. The van der Waals surface area contributed by atoms with E-state index in [2.05, 4.69) is 45.2 Å². The third-order valence-electron chi connectivity index (χ3n) is 3.10. The van der Waals surface area contributed by atoms with Gasteiger partial charge in [-0.2, -0.15) is 0 Å². The van der Waals surface area contributed by atoms with Crippen LogP contribution in [0.25, 0.3) is 0 Å². The van der Waals surface area contributed by atoms with Gasteiger partial charge in [0.25, 0.3) is 0 Å². The van der Waals surface area contributed by atoms with Crippen LogP contribution >= 0.6 is 11.6 Å². The van der Waals surface area contributed by atoms with Gasteiger partial charge in [-0.15, -0.1) is 24.8 Å². The maximum absolute atomic E-state index is 5.78. The van der Waals surface area contributed by atoms with E-state index in [4.69, 9.17) is 11.6 Å². The topological polar surface area (TPSA) is 0 Å². The van der Waals surface area contributed by atoms with Gasteiger partial charge in [0.15, 0.2) is 0 Å². The van der Waals surface area contributed by atoms with Gasteiger partial charge in [0.05, 0.1) is 0 Å². The van der Waals surface area contributed by atoms with E-state index in [9.17, 15) is 0 Å². The molecule has 0 N–H and O–H groups in total. The Kier molecular flexibility index (Phi) is 12.3. The first-order valence-corrected chi connectivity index (χ1v) is 7.94. The molecule has 0 saturated heterocycles.